The highest BCUT2D eigenvalue weighted by atomic mass is 16.5. The van der Waals surface area contributed by atoms with E-state index in [0.29, 0.717) is 17.0 Å². The topological polar surface area (TPSA) is 55.4 Å². The Hall–Kier alpha value is -2.10. The maximum Gasteiger partial charge on any atom is 0.247 e. The van der Waals surface area contributed by atoms with Crippen molar-refractivity contribution in [2.45, 2.75) is 45.1 Å². The molecule has 0 aromatic heterocycles. The van der Waals surface area contributed by atoms with Gasteiger partial charge in [-0.2, -0.15) is 0 Å². The van der Waals surface area contributed by atoms with E-state index in [1.165, 1.54) is 32.3 Å². The molecule has 1 saturated carbocycles. The van der Waals surface area contributed by atoms with E-state index in [1.54, 1.807) is 18.2 Å². The van der Waals surface area contributed by atoms with Crippen LogP contribution in [0.15, 0.2) is 30.9 Å². The Balaban J connectivity index is 2.22. The van der Waals surface area contributed by atoms with Crippen molar-refractivity contribution >= 4 is 17.4 Å². The van der Waals surface area contributed by atoms with Crippen LogP contribution in [0.25, 0.3) is 0 Å². The highest BCUT2D eigenvalue weighted by Crippen LogP contribution is 2.30. The van der Waals surface area contributed by atoms with E-state index in [1.807, 2.05) is 0 Å². The highest BCUT2D eigenvalue weighted by molar-refractivity contribution is 6.02. The van der Waals surface area contributed by atoms with E-state index in [9.17, 15) is 9.59 Å². The van der Waals surface area contributed by atoms with E-state index in [4.69, 9.17) is 4.74 Å². The van der Waals surface area contributed by atoms with E-state index >= 15 is 0 Å². The molecule has 1 fully saturated rings. The fraction of sp³-hybridized carbons (Fsp3) is 0.412. The van der Waals surface area contributed by atoms with E-state index in [0.717, 1.165) is 12.8 Å². The molecule has 1 N–H and O–H groups in total. The van der Waals surface area contributed by atoms with Crippen LogP contribution in [0.5, 0.6) is 5.75 Å². The van der Waals surface area contributed by atoms with Crippen LogP contribution >= 0.6 is 0 Å². The van der Waals surface area contributed by atoms with Crippen molar-refractivity contribution in [3.8, 4) is 5.75 Å². The first-order valence-corrected chi connectivity index (χ1v) is 7.35. The smallest absolute Gasteiger partial charge is 0.247 e. The molecule has 2 rings (SSSR count). The first-order chi connectivity index (χ1) is 10.1. The fourth-order valence-electron chi connectivity index (χ4n) is 2.50. The van der Waals surface area contributed by atoms with Gasteiger partial charge >= 0.3 is 0 Å². The number of benzene rings is 1. The molecule has 0 aliphatic heterocycles. The largest absolute Gasteiger partial charge is 0.488 e. The van der Waals surface area contributed by atoms with Crippen LogP contribution in [0.3, 0.4) is 0 Å². The van der Waals surface area contributed by atoms with Gasteiger partial charge in [0.15, 0.2) is 5.78 Å². The molecule has 4 nitrogen and oxygen atoms in total. The first kappa shape index (κ1) is 15.3. The average Bonchev–Trinajstić information content (AvgIpc) is 2.49. The summed E-state index contributed by atoms with van der Waals surface area (Å²) in [4.78, 5) is 23.0. The summed E-state index contributed by atoms with van der Waals surface area (Å²) < 4.78 is 6.01. The number of ketones is 1. The lowest BCUT2D eigenvalue weighted by Crippen LogP contribution is -2.21. The number of nitrogens with one attached hydrogen (secondary N) is 1. The predicted molar refractivity (Wildman–Crippen MR) is 82.8 cm³/mol. The number of Topliss-reactive ketones (excluding diaryl/α,β-unsaturated/α-hetero) is 1. The standard InChI is InChI=1S/C17H21NO3/c1-3-17(20)18-15-11-13(12(2)19)9-10-16(15)21-14-7-5-4-6-8-14/h3,9-11,14H,1,4-8H2,2H3,(H,18,20). The third-order valence-corrected chi connectivity index (χ3v) is 3.68. The Bertz CT molecular complexity index is 545. The summed E-state index contributed by atoms with van der Waals surface area (Å²) in [5.74, 6) is 0.250. The molecular weight excluding hydrogens is 266 g/mol. The van der Waals surface area contributed by atoms with Gasteiger partial charge in [-0.15, -0.1) is 0 Å². The lowest BCUT2D eigenvalue weighted by Gasteiger charge is -2.24. The van der Waals surface area contributed by atoms with Gasteiger partial charge in [0.1, 0.15) is 5.75 Å². The SMILES string of the molecule is C=CC(=O)Nc1cc(C(C)=O)ccc1OC1CCCCC1. The van der Waals surface area contributed by atoms with Crippen LogP contribution in [-0.2, 0) is 4.79 Å². The average molecular weight is 287 g/mol. The molecule has 4 heteroatoms. The molecular formula is C17H21NO3. The quantitative estimate of drug-likeness (QED) is 0.663. The summed E-state index contributed by atoms with van der Waals surface area (Å²) in [6.45, 7) is 4.94. The number of carbonyl (C=O) groups is 2. The number of ether oxygens (including phenoxy) is 1. The van der Waals surface area contributed by atoms with Gasteiger partial charge in [0.2, 0.25) is 5.91 Å². The summed E-state index contributed by atoms with van der Waals surface area (Å²) in [6, 6.07) is 5.13. The molecule has 1 aliphatic carbocycles. The van der Waals surface area contributed by atoms with Crippen LogP contribution in [0, 0.1) is 0 Å². The molecule has 0 atom stereocenters. The lowest BCUT2D eigenvalue weighted by atomic mass is 9.98. The number of hydrogen-bond donors (Lipinski definition) is 1. The maximum atomic E-state index is 11.5. The Morgan fingerprint density at radius 1 is 1.29 bits per heavy atom. The minimum atomic E-state index is -0.316. The molecule has 0 bridgehead atoms. The Kier molecular flexibility index (Phi) is 5.14. The number of amides is 1. The molecule has 0 unspecified atom stereocenters. The maximum absolute atomic E-state index is 11.5. The van der Waals surface area contributed by atoms with Crippen LogP contribution < -0.4 is 10.1 Å². The molecule has 1 aromatic carbocycles. The van der Waals surface area contributed by atoms with Crippen molar-refractivity contribution in [3.05, 3.63) is 36.4 Å². The molecule has 1 amide bonds. The number of anilines is 1. The van der Waals surface area contributed by atoms with Gasteiger partial charge in [0.05, 0.1) is 11.8 Å². The first-order valence-electron chi connectivity index (χ1n) is 7.35. The van der Waals surface area contributed by atoms with Crippen molar-refractivity contribution < 1.29 is 14.3 Å². The number of carbonyl (C=O) groups excluding carboxylic acids is 2. The van der Waals surface area contributed by atoms with E-state index in [2.05, 4.69) is 11.9 Å². The van der Waals surface area contributed by atoms with Gasteiger partial charge in [0.25, 0.3) is 0 Å². The minimum Gasteiger partial charge on any atom is -0.488 e. The van der Waals surface area contributed by atoms with Crippen LogP contribution in [0.4, 0.5) is 5.69 Å². The summed E-state index contributed by atoms with van der Waals surface area (Å²) in [5, 5.41) is 2.71. The van der Waals surface area contributed by atoms with Gasteiger partial charge < -0.3 is 10.1 Å². The normalized spacial score (nSPS) is 15.3. The van der Waals surface area contributed by atoms with Gasteiger partial charge in [-0.1, -0.05) is 13.0 Å². The van der Waals surface area contributed by atoms with Gasteiger partial charge in [-0.3, -0.25) is 9.59 Å². The van der Waals surface area contributed by atoms with Crippen LogP contribution in [0.2, 0.25) is 0 Å². The predicted octanol–water partition coefficient (Wildman–Crippen LogP) is 3.73. The Labute approximate surface area is 125 Å². The third kappa shape index (κ3) is 4.18. The lowest BCUT2D eigenvalue weighted by molar-refractivity contribution is -0.111. The molecule has 1 aromatic rings. The molecule has 1 aliphatic rings. The summed E-state index contributed by atoms with van der Waals surface area (Å²) in [7, 11) is 0. The zero-order valence-electron chi connectivity index (χ0n) is 12.4. The second kappa shape index (κ2) is 7.07. The van der Waals surface area contributed by atoms with Crippen molar-refractivity contribution in [1.82, 2.24) is 0 Å². The van der Waals surface area contributed by atoms with Gasteiger partial charge in [-0.05, 0) is 56.9 Å². The molecule has 0 saturated heterocycles. The van der Waals surface area contributed by atoms with E-state index < -0.39 is 0 Å². The number of rotatable bonds is 5. The van der Waals surface area contributed by atoms with Crippen molar-refractivity contribution in [1.29, 1.82) is 0 Å². The van der Waals surface area contributed by atoms with Crippen LogP contribution in [-0.4, -0.2) is 17.8 Å². The van der Waals surface area contributed by atoms with E-state index in [-0.39, 0.29) is 17.8 Å². The number of hydrogen-bond acceptors (Lipinski definition) is 3. The van der Waals surface area contributed by atoms with Gasteiger partial charge in [-0.25, -0.2) is 0 Å². The zero-order chi connectivity index (χ0) is 15.2. The van der Waals surface area contributed by atoms with Crippen LogP contribution in [0.1, 0.15) is 49.4 Å². The summed E-state index contributed by atoms with van der Waals surface area (Å²) in [6.07, 6.45) is 7.04. The Morgan fingerprint density at radius 3 is 2.62 bits per heavy atom. The monoisotopic (exact) mass is 287 g/mol. The van der Waals surface area contributed by atoms with Crippen molar-refractivity contribution in [3.63, 3.8) is 0 Å². The minimum absolute atomic E-state index is 0.0479. The molecule has 0 heterocycles. The second-order valence-corrected chi connectivity index (χ2v) is 5.34. The highest BCUT2D eigenvalue weighted by Gasteiger charge is 2.17. The molecule has 0 spiro atoms. The van der Waals surface area contributed by atoms with Gasteiger partial charge in [0, 0.05) is 5.56 Å². The van der Waals surface area contributed by atoms with Crippen molar-refractivity contribution in [2.24, 2.45) is 0 Å². The third-order valence-electron chi connectivity index (χ3n) is 3.68. The summed E-state index contributed by atoms with van der Waals surface area (Å²) in [5.41, 5.74) is 1.07. The fourth-order valence-corrected chi connectivity index (χ4v) is 2.50. The summed E-state index contributed by atoms with van der Waals surface area (Å²) >= 11 is 0. The molecule has 112 valence electrons. The second-order valence-electron chi connectivity index (χ2n) is 5.34. The molecule has 21 heavy (non-hydrogen) atoms. The molecule has 0 radical (unpaired) electrons. The zero-order valence-corrected chi connectivity index (χ0v) is 12.4. The van der Waals surface area contributed by atoms with Crippen molar-refractivity contribution in [2.75, 3.05) is 5.32 Å². The Morgan fingerprint density at radius 2 is 2.00 bits per heavy atom.